The number of carbonyl (C=O) groups excluding carboxylic acids is 1. The molecule has 1 aromatic rings. The number of amides is 1. The van der Waals surface area contributed by atoms with Crippen molar-refractivity contribution in [1.82, 2.24) is 15.5 Å². The van der Waals surface area contributed by atoms with Gasteiger partial charge < -0.3 is 20.3 Å². The molecule has 1 unspecified atom stereocenters. The molecule has 1 aromatic heterocycles. The molecule has 3 N–H and O–H groups in total. The standard InChI is InChI=1S/C10H18N4O3/c1-3-12-9(15)8-13-10(17-14-8)7(11)5-4-6-16-2/h7H,3-6,11H2,1-2H3,(H,12,15). The van der Waals surface area contributed by atoms with Gasteiger partial charge in [0.15, 0.2) is 0 Å². The Morgan fingerprint density at radius 3 is 3.06 bits per heavy atom. The van der Waals surface area contributed by atoms with Crippen molar-refractivity contribution in [3.63, 3.8) is 0 Å². The third-order valence-electron chi connectivity index (χ3n) is 2.16. The highest BCUT2D eigenvalue weighted by atomic mass is 16.5. The molecule has 0 aliphatic heterocycles. The van der Waals surface area contributed by atoms with Gasteiger partial charge >= 0.3 is 0 Å². The second kappa shape index (κ2) is 6.97. The van der Waals surface area contributed by atoms with Gasteiger partial charge in [-0.25, -0.2) is 0 Å². The number of methoxy groups -OCH3 is 1. The number of carbonyl (C=O) groups is 1. The zero-order chi connectivity index (χ0) is 12.7. The number of ether oxygens (including phenoxy) is 1. The Hall–Kier alpha value is -1.47. The molecule has 0 aromatic carbocycles. The summed E-state index contributed by atoms with van der Waals surface area (Å²) in [5.41, 5.74) is 5.84. The van der Waals surface area contributed by atoms with Gasteiger partial charge in [-0.05, 0) is 19.8 Å². The zero-order valence-electron chi connectivity index (χ0n) is 10.1. The first-order chi connectivity index (χ1) is 8.19. The van der Waals surface area contributed by atoms with Crippen molar-refractivity contribution in [3.8, 4) is 0 Å². The van der Waals surface area contributed by atoms with Crippen LogP contribution in [-0.4, -0.2) is 36.3 Å². The Morgan fingerprint density at radius 1 is 1.65 bits per heavy atom. The van der Waals surface area contributed by atoms with Crippen LogP contribution in [-0.2, 0) is 4.74 Å². The van der Waals surface area contributed by atoms with Crippen LogP contribution in [0.5, 0.6) is 0 Å². The Morgan fingerprint density at radius 2 is 2.41 bits per heavy atom. The molecule has 0 saturated carbocycles. The summed E-state index contributed by atoms with van der Waals surface area (Å²) in [7, 11) is 1.63. The Labute approximate surface area is 99.7 Å². The van der Waals surface area contributed by atoms with Crippen molar-refractivity contribution in [1.29, 1.82) is 0 Å². The molecule has 0 bridgehead atoms. The van der Waals surface area contributed by atoms with E-state index in [1.54, 1.807) is 7.11 Å². The lowest BCUT2D eigenvalue weighted by atomic mass is 10.2. The first-order valence-corrected chi connectivity index (χ1v) is 5.55. The number of nitrogens with two attached hydrogens (primary N) is 1. The fourth-order valence-corrected chi connectivity index (χ4v) is 1.29. The molecule has 1 heterocycles. The summed E-state index contributed by atoms with van der Waals surface area (Å²) in [6.45, 7) is 2.96. The summed E-state index contributed by atoms with van der Waals surface area (Å²) >= 11 is 0. The molecule has 0 aliphatic rings. The Bertz CT molecular complexity index is 353. The molecule has 0 aliphatic carbocycles. The first-order valence-electron chi connectivity index (χ1n) is 5.55. The van der Waals surface area contributed by atoms with Crippen LogP contribution in [0.25, 0.3) is 0 Å². The van der Waals surface area contributed by atoms with Crippen LogP contribution in [0.15, 0.2) is 4.52 Å². The van der Waals surface area contributed by atoms with Crippen LogP contribution in [0.2, 0.25) is 0 Å². The highest BCUT2D eigenvalue weighted by Crippen LogP contribution is 2.13. The van der Waals surface area contributed by atoms with E-state index in [0.29, 0.717) is 19.6 Å². The number of hydrogen-bond acceptors (Lipinski definition) is 6. The smallest absolute Gasteiger partial charge is 0.292 e. The fourth-order valence-electron chi connectivity index (χ4n) is 1.29. The van der Waals surface area contributed by atoms with Gasteiger partial charge in [0, 0.05) is 20.3 Å². The van der Waals surface area contributed by atoms with Gasteiger partial charge in [0.25, 0.3) is 11.7 Å². The van der Waals surface area contributed by atoms with E-state index in [-0.39, 0.29) is 23.7 Å². The summed E-state index contributed by atoms with van der Waals surface area (Å²) in [5, 5.41) is 6.16. The maximum Gasteiger partial charge on any atom is 0.292 e. The normalized spacial score (nSPS) is 12.4. The van der Waals surface area contributed by atoms with E-state index >= 15 is 0 Å². The number of nitrogens with one attached hydrogen (secondary N) is 1. The van der Waals surface area contributed by atoms with E-state index in [1.165, 1.54) is 0 Å². The number of nitrogens with zero attached hydrogens (tertiary/aromatic N) is 2. The molecule has 0 spiro atoms. The van der Waals surface area contributed by atoms with Crippen molar-refractivity contribution in [3.05, 3.63) is 11.7 Å². The van der Waals surface area contributed by atoms with Gasteiger partial charge in [0.1, 0.15) is 0 Å². The number of hydrogen-bond donors (Lipinski definition) is 2. The van der Waals surface area contributed by atoms with E-state index in [9.17, 15) is 4.79 Å². The van der Waals surface area contributed by atoms with E-state index in [2.05, 4.69) is 15.5 Å². The van der Waals surface area contributed by atoms with E-state index in [0.717, 1.165) is 6.42 Å². The lowest BCUT2D eigenvalue weighted by molar-refractivity contribution is 0.0942. The van der Waals surface area contributed by atoms with Crippen molar-refractivity contribution in [2.24, 2.45) is 5.73 Å². The SMILES string of the molecule is CCNC(=O)c1noc(C(N)CCCOC)n1. The van der Waals surface area contributed by atoms with E-state index in [1.807, 2.05) is 6.92 Å². The summed E-state index contributed by atoms with van der Waals surface area (Å²) in [6.07, 6.45) is 1.47. The van der Waals surface area contributed by atoms with Gasteiger partial charge in [-0.15, -0.1) is 0 Å². The van der Waals surface area contributed by atoms with Crippen LogP contribution in [0.1, 0.15) is 42.3 Å². The van der Waals surface area contributed by atoms with Gasteiger partial charge in [-0.2, -0.15) is 4.98 Å². The molecular weight excluding hydrogens is 224 g/mol. The van der Waals surface area contributed by atoms with E-state index < -0.39 is 0 Å². The second-order valence-corrected chi connectivity index (χ2v) is 3.56. The van der Waals surface area contributed by atoms with Crippen molar-refractivity contribution in [2.45, 2.75) is 25.8 Å². The molecule has 96 valence electrons. The topological polar surface area (TPSA) is 103 Å². The molecule has 0 fully saturated rings. The summed E-state index contributed by atoms with van der Waals surface area (Å²) < 4.78 is 9.85. The predicted molar refractivity (Wildman–Crippen MR) is 60.3 cm³/mol. The third kappa shape index (κ3) is 4.12. The van der Waals surface area contributed by atoms with Gasteiger partial charge in [0.05, 0.1) is 6.04 Å². The van der Waals surface area contributed by atoms with Crippen LogP contribution in [0.4, 0.5) is 0 Å². The van der Waals surface area contributed by atoms with Crippen molar-refractivity contribution >= 4 is 5.91 Å². The van der Waals surface area contributed by atoms with Gasteiger partial charge in [0.2, 0.25) is 5.89 Å². The lowest BCUT2D eigenvalue weighted by Gasteiger charge is -2.04. The lowest BCUT2D eigenvalue weighted by Crippen LogP contribution is -2.24. The summed E-state index contributed by atoms with van der Waals surface area (Å²) in [5.74, 6) is -0.0574. The first kappa shape index (κ1) is 13.6. The van der Waals surface area contributed by atoms with Crippen LogP contribution in [0, 0.1) is 0 Å². The molecule has 1 rings (SSSR count). The highest BCUT2D eigenvalue weighted by Gasteiger charge is 2.18. The summed E-state index contributed by atoms with van der Waals surface area (Å²) in [4.78, 5) is 15.3. The largest absolute Gasteiger partial charge is 0.385 e. The van der Waals surface area contributed by atoms with Gasteiger partial charge in [-0.3, -0.25) is 4.79 Å². The van der Waals surface area contributed by atoms with Crippen molar-refractivity contribution < 1.29 is 14.1 Å². The molecule has 0 saturated heterocycles. The average Bonchev–Trinajstić information content (AvgIpc) is 2.79. The molecule has 7 heteroatoms. The predicted octanol–water partition coefficient (Wildman–Crippen LogP) is 0.246. The second-order valence-electron chi connectivity index (χ2n) is 3.56. The average molecular weight is 242 g/mol. The third-order valence-corrected chi connectivity index (χ3v) is 2.16. The fraction of sp³-hybridized carbons (Fsp3) is 0.700. The zero-order valence-corrected chi connectivity index (χ0v) is 10.1. The molecule has 1 amide bonds. The van der Waals surface area contributed by atoms with E-state index in [4.69, 9.17) is 15.0 Å². The molecule has 17 heavy (non-hydrogen) atoms. The number of rotatable bonds is 7. The molecule has 7 nitrogen and oxygen atoms in total. The minimum atomic E-state index is -0.360. The Balaban J connectivity index is 2.51. The maximum atomic E-state index is 11.4. The maximum absolute atomic E-state index is 11.4. The summed E-state index contributed by atoms with van der Waals surface area (Å²) in [6, 6.07) is -0.360. The monoisotopic (exact) mass is 242 g/mol. The Kier molecular flexibility index (Phi) is 5.58. The van der Waals surface area contributed by atoms with Gasteiger partial charge in [-0.1, -0.05) is 5.16 Å². The van der Waals surface area contributed by atoms with Crippen molar-refractivity contribution in [2.75, 3.05) is 20.3 Å². The van der Waals surface area contributed by atoms with Crippen LogP contribution >= 0.6 is 0 Å². The van der Waals surface area contributed by atoms with Crippen LogP contribution < -0.4 is 11.1 Å². The minimum Gasteiger partial charge on any atom is -0.385 e. The quantitative estimate of drug-likeness (QED) is 0.664. The molecular formula is C10H18N4O3. The number of aromatic nitrogens is 2. The van der Waals surface area contributed by atoms with Crippen LogP contribution in [0.3, 0.4) is 0 Å². The highest BCUT2D eigenvalue weighted by molar-refractivity contribution is 5.90. The minimum absolute atomic E-state index is 0.0176. The molecule has 1 atom stereocenters. The molecule has 0 radical (unpaired) electrons.